The summed E-state index contributed by atoms with van der Waals surface area (Å²) >= 11 is 0. The minimum absolute atomic E-state index is 0.0550. The first kappa shape index (κ1) is 39.5. The molecule has 296 valence electrons. The van der Waals surface area contributed by atoms with E-state index in [2.05, 4.69) is 31.4 Å². The number of carbonyl (C=O) groups excluding carboxylic acids is 2. The number of imidazole rings is 1. The van der Waals surface area contributed by atoms with Crippen LogP contribution in [0.3, 0.4) is 0 Å². The molecule has 6 rings (SSSR count). The quantitative estimate of drug-likeness (QED) is 0.0653. The second kappa shape index (κ2) is 20.5. The summed E-state index contributed by atoms with van der Waals surface area (Å²) in [6, 6.07) is 16.6. The molecule has 2 saturated heterocycles. The van der Waals surface area contributed by atoms with Crippen molar-refractivity contribution in [3.05, 3.63) is 96.4 Å². The topological polar surface area (TPSA) is 192 Å². The van der Waals surface area contributed by atoms with E-state index in [4.69, 9.17) is 28.2 Å². The van der Waals surface area contributed by atoms with Crippen LogP contribution in [0, 0.1) is 0 Å². The van der Waals surface area contributed by atoms with Crippen molar-refractivity contribution in [1.29, 1.82) is 0 Å². The zero-order valence-electron chi connectivity index (χ0n) is 31.0. The average molecular weight is 762 g/mol. The van der Waals surface area contributed by atoms with E-state index in [1.165, 1.54) is 6.26 Å². The van der Waals surface area contributed by atoms with Crippen LogP contribution >= 0.6 is 0 Å². The Morgan fingerprint density at radius 2 is 1.56 bits per heavy atom. The fraction of sp³-hybridized carbons (Fsp3) is 0.487. The zero-order valence-corrected chi connectivity index (χ0v) is 31.0. The summed E-state index contributed by atoms with van der Waals surface area (Å²) in [7, 11) is 1.63. The van der Waals surface area contributed by atoms with E-state index in [1.807, 2.05) is 59.3 Å². The minimum Gasteiger partial charge on any atom is -0.497 e. The van der Waals surface area contributed by atoms with Crippen molar-refractivity contribution < 1.29 is 42.9 Å². The predicted octanol–water partition coefficient (Wildman–Crippen LogP) is 2.99. The Kier molecular flexibility index (Phi) is 14.7. The summed E-state index contributed by atoms with van der Waals surface area (Å²) in [5.41, 5.74) is 2.78. The number of hydrogen-bond donors (Lipinski definition) is 5. The molecule has 0 aliphatic carbocycles. The van der Waals surface area contributed by atoms with Crippen LogP contribution in [0.4, 0.5) is 9.59 Å². The fourth-order valence-electron chi connectivity index (χ4n) is 6.76. The lowest BCUT2D eigenvalue weighted by atomic mass is 10.0. The van der Waals surface area contributed by atoms with Gasteiger partial charge in [-0.15, -0.1) is 0 Å². The molecule has 4 heterocycles. The molecule has 0 saturated carbocycles. The molecule has 2 aliphatic rings. The number of carbonyl (C=O) groups is 2. The summed E-state index contributed by atoms with van der Waals surface area (Å²) in [6.45, 7) is 2.49. The SMILES string of the molecule is COc1ccc(C[C@H]2NC[C@H](OCOc3ccc(C[C@H]4NC[C@H](O)[C@H]4OC(=O)NCCCCCn4ccnc4)cc3)[C@H]2OC(=O)NCCc2ccon2)cc1. The highest BCUT2D eigenvalue weighted by Gasteiger charge is 2.40. The molecule has 16 heteroatoms. The number of rotatable bonds is 20. The molecule has 2 aromatic carbocycles. The lowest BCUT2D eigenvalue weighted by molar-refractivity contribution is -0.0759. The Morgan fingerprint density at radius 1 is 0.873 bits per heavy atom. The number of nitrogens with zero attached hydrogens (tertiary/aromatic N) is 3. The first-order chi connectivity index (χ1) is 26.9. The Labute approximate surface area is 320 Å². The monoisotopic (exact) mass is 761 g/mol. The van der Waals surface area contributed by atoms with E-state index in [0.717, 1.165) is 48.4 Å². The fourth-order valence-corrected chi connectivity index (χ4v) is 6.76. The number of hydrogen-bond acceptors (Lipinski definition) is 13. The van der Waals surface area contributed by atoms with Crippen molar-refractivity contribution >= 4 is 12.2 Å². The van der Waals surface area contributed by atoms with Crippen LogP contribution in [0.2, 0.25) is 0 Å². The Balaban J connectivity index is 0.939. The van der Waals surface area contributed by atoms with Crippen molar-refractivity contribution in [3.63, 3.8) is 0 Å². The number of amides is 2. The van der Waals surface area contributed by atoms with Gasteiger partial charge in [0.2, 0.25) is 0 Å². The number of aryl methyl sites for hydroxylation is 1. The van der Waals surface area contributed by atoms with Gasteiger partial charge in [0.1, 0.15) is 42.2 Å². The summed E-state index contributed by atoms with van der Waals surface area (Å²) in [6.07, 6.45) is 7.84. The van der Waals surface area contributed by atoms with Gasteiger partial charge in [-0.05, 0) is 67.5 Å². The number of alkyl carbamates (subject to hydrolysis) is 2. The van der Waals surface area contributed by atoms with Crippen LogP contribution in [-0.2, 0) is 40.0 Å². The average Bonchev–Trinajstić information content (AvgIpc) is 4.03. The third-order valence-electron chi connectivity index (χ3n) is 9.76. The molecular weight excluding hydrogens is 710 g/mol. The van der Waals surface area contributed by atoms with Gasteiger partial charge >= 0.3 is 12.2 Å². The van der Waals surface area contributed by atoms with E-state index in [1.54, 1.807) is 25.7 Å². The summed E-state index contributed by atoms with van der Waals surface area (Å²) < 4.78 is 35.8. The van der Waals surface area contributed by atoms with E-state index in [9.17, 15) is 14.7 Å². The largest absolute Gasteiger partial charge is 0.497 e. The molecule has 5 N–H and O–H groups in total. The van der Waals surface area contributed by atoms with Gasteiger partial charge in [0.05, 0.1) is 31.2 Å². The predicted molar refractivity (Wildman–Crippen MR) is 200 cm³/mol. The number of ether oxygens (including phenoxy) is 5. The Hall–Kier alpha value is -5.16. The molecule has 4 aromatic rings. The molecule has 2 aromatic heterocycles. The highest BCUT2D eigenvalue weighted by Crippen LogP contribution is 2.23. The Bertz CT molecular complexity index is 1710. The number of aliphatic hydroxyl groups excluding tert-OH is 1. The number of nitrogens with one attached hydrogen (secondary N) is 4. The summed E-state index contributed by atoms with van der Waals surface area (Å²) in [5.74, 6) is 1.37. The van der Waals surface area contributed by atoms with Gasteiger partial charge in [0.25, 0.3) is 0 Å². The maximum atomic E-state index is 12.8. The number of β-amino-alcohol motifs (C(OH)–C–C–N with tert-alkyl or cyclic N) is 1. The van der Waals surface area contributed by atoms with Crippen molar-refractivity contribution in [2.24, 2.45) is 0 Å². The Morgan fingerprint density at radius 3 is 2.25 bits per heavy atom. The van der Waals surface area contributed by atoms with E-state index in [0.29, 0.717) is 51.2 Å². The number of benzene rings is 2. The normalized spacial score (nSPS) is 21.9. The van der Waals surface area contributed by atoms with Gasteiger partial charge in [-0.3, -0.25) is 0 Å². The first-order valence-corrected chi connectivity index (χ1v) is 18.8. The van der Waals surface area contributed by atoms with Gasteiger partial charge in [0.15, 0.2) is 6.79 Å². The first-order valence-electron chi connectivity index (χ1n) is 18.8. The van der Waals surface area contributed by atoms with Gasteiger partial charge in [-0.2, -0.15) is 0 Å². The molecule has 0 radical (unpaired) electrons. The van der Waals surface area contributed by atoms with Crippen LogP contribution < -0.4 is 30.7 Å². The minimum atomic E-state index is -0.801. The lowest BCUT2D eigenvalue weighted by Crippen LogP contribution is -2.42. The van der Waals surface area contributed by atoms with Crippen molar-refractivity contribution in [2.75, 3.05) is 40.1 Å². The molecule has 0 unspecified atom stereocenters. The maximum absolute atomic E-state index is 12.8. The number of unbranched alkanes of at least 4 members (excludes halogenated alkanes) is 2. The van der Waals surface area contributed by atoms with Crippen LogP contribution in [0.25, 0.3) is 0 Å². The second-order valence-corrected chi connectivity index (χ2v) is 13.7. The van der Waals surface area contributed by atoms with Crippen molar-refractivity contribution in [1.82, 2.24) is 36.0 Å². The van der Waals surface area contributed by atoms with Crippen molar-refractivity contribution in [2.45, 2.75) is 81.6 Å². The highest BCUT2D eigenvalue weighted by atomic mass is 16.7. The summed E-state index contributed by atoms with van der Waals surface area (Å²) in [4.78, 5) is 29.4. The van der Waals surface area contributed by atoms with Gasteiger partial charge in [-0.25, -0.2) is 14.6 Å². The van der Waals surface area contributed by atoms with E-state index < -0.39 is 36.6 Å². The number of methoxy groups -OCH3 is 1. The van der Waals surface area contributed by atoms with Crippen LogP contribution in [0.5, 0.6) is 11.5 Å². The van der Waals surface area contributed by atoms with Gasteiger partial charge in [0, 0.05) is 57.6 Å². The molecule has 0 spiro atoms. The van der Waals surface area contributed by atoms with Crippen LogP contribution in [0.1, 0.15) is 36.1 Å². The summed E-state index contributed by atoms with van der Waals surface area (Å²) in [5, 5.41) is 26.7. The molecular formula is C39H51N7O9. The van der Waals surface area contributed by atoms with Crippen LogP contribution in [-0.4, -0.2) is 109 Å². The third kappa shape index (κ3) is 12.2. The molecule has 2 fully saturated rings. The zero-order chi connectivity index (χ0) is 38.2. The van der Waals surface area contributed by atoms with Crippen LogP contribution in [0.15, 0.2) is 84.1 Å². The molecule has 2 aliphatic heterocycles. The second-order valence-electron chi connectivity index (χ2n) is 13.7. The number of aliphatic hydroxyl groups is 1. The lowest BCUT2D eigenvalue weighted by Gasteiger charge is -2.25. The molecule has 0 bridgehead atoms. The van der Waals surface area contributed by atoms with Gasteiger partial charge in [-0.1, -0.05) is 29.4 Å². The third-order valence-corrected chi connectivity index (χ3v) is 9.76. The highest BCUT2D eigenvalue weighted by molar-refractivity contribution is 5.68. The van der Waals surface area contributed by atoms with E-state index >= 15 is 0 Å². The van der Waals surface area contributed by atoms with Crippen molar-refractivity contribution in [3.8, 4) is 11.5 Å². The maximum Gasteiger partial charge on any atom is 0.407 e. The molecule has 55 heavy (non-hydrogen) atoms. The molecule has 2 amide bonds. The van der Waals surface area contributed by atoms with E-state index in [-0.39, 0.29) is 18.9 Å². The molecule has 16 nitrogen and oxygen atoms in total. The standard InChI is InChI=1S/C39H51N7O9/c1-50-30-9-5-27(6-10-30)22-33-37(55-39(49)42-16-13-29-14-20-53-45-29)35(24-44-33)52-26-51-31-11-7-28(8-12-31)21-32-36(34(47)23-43-32)54-38(48)41-15-3-2-4-18-46-19-17-40-25-46/h5-12,14,17,19-20,25,32-37,43-44,47H,2-4,13,15-16,18,21-24,26H2,1H3,(H,41,48)(H,42,49)/t32-,33-,34+,35+,36+,37+/m1/s1. The molecule has 6 atom stereocenters. The number of aromatic nitrogens is 3. The smallest absolute Gasteiger partial charge is 0.407 e. The van der Waals surface area contributed by atoms with Gasteiger partial charge < -0.3 is 59.1 Å².